The summed E-state index contributed by atoms with van der Waals surface area (Å²) < 4.78 is 27.1. The van der Waals surface area contributed by atoms with E-state index in [1.165, 1.54) is 11.3 Å². The maximum atomic E-state index is 13.2. The monoisotopic (exact) mass is 394 g/mol. The molecule has 132 valence electrons. The molecule has 2 heterocycles. The van der Waals surface area contributed by atoms with Crippen LogP contribution in [-0.2, 0) is 22.7 Å². The Morgan fingerprint density at radius 3 is 2.60 bits per heavy atom. The van der Waals surface area contributed by atoms with E-state index in [0.717, 1.165) is 14.8 Å². The van der Waals surface area contributed by atoms with Crippen molar-refractivity contribution in [2.75, 3.05) is 13.1 Å². The lowest BCUT2D eigenvalue weighted by atomic mass is 10.1. The number of sulfone groups is 1. The Labute approximate surface area is 157 Å². The highest BCUT2D eigenvalue weighted by Gasteiger charge is 2.32. The predicted octanol–water partition coefficient (Wildman–Crippen LogP) is 3.58. The van der Waals surface area contributed by atoms with E-state index < -0.39 is 15.1 Å². The Balaban J connectivity index is 1.95. The van der Waals surface area contributed by atoms with Crippen LogP contribution in [0, 0.1) is 11.3 Å². The first-order valence-corrected chi connectivity index (χ1v) is 11.0. The van der Waals surface area contributed by atoms with E-state index >= 15 is 0 Å². The summed E-state index contributed by atoms with van der Waals surface area (Å²) >= 11 is 7.47. The molecular weight excluding hydrogens is 376 g/mol. The van der Waals surface area contributed by atoms with Crippen LogP contribution in [0.3, 0.4) is 0 Å². The van der Waals surface area contributed by atoms with Gasteiger partial charge in [-0.25, -0.2) is 8.42 Å². The minimum atomic E-state index is -3.52. The van der Waals surface area contributed by atoms with Crippen LogP contribution >= 0.6 is 22.9 Å². The number of aryl methyl sites for hydroxylation is 2. The first kappa shape index (κ1) is 18.4. The quantitative estimate of drug-likeness (QED) is 0.841. The summed E-state index contributed by atoms with van der Waals surface area (Å²) in [5.41, 5.74) is 0.974. The van der Waals surface area contributed by atoms with Crippen molar-refractivity contribution < 1.29 is 8.42 Å². The third kappa shape index (κ3) is 4.06. The van der Waals surface area contributed by atoms with Crippen LogP contribution in [0.2, 0.25) is 4.34 Å². The van der Waals surface area contributed by atoms with Crippen LogP contribution < -0.4 is 5.32 Å². The van der Waals surface area contributed by atoms with Gasteiger partial charge in [0.25, 0.3) is 0 Å². The standard InChI is InChI=1S/C18H19ClN2O2S2/c19-17-7-6-15(24-17)5-4-13-2-1-3-14(12-20)18(13)25(22,23)16-8-10-21-11-9-16/h1-3,6-7,16,21H,4-5,8-11H2. The van der Waals surface area contributed by atoms with Gasteiger partial charge < -0.3 is 5.32 Å². The molecule has 0 saturated carbocycles. The molecule has 0 radical (unpaired) electrons. The van der Waals surface area contributed by atoms with Crippen LogP contribution in [0.4, 0.5) is 0 Å². The van der Waals surface area contributed by atoms with Gasteiger partial charge in [-0.3, -0.25) is 0 Å². The molecular formula is C18H19ClN2O2S2. The number of hydrogen-bond acceptors (Lipinski definition) is 5. The molecule has 7 heteroatoms. The number of thiophene rings is 1. The number of halogens is 1. The van der Waals surface area contributed by atoms with Crippen LogP contribution in [0.25, 0.3) is 0 Å². The number of benzene rings is 1. The first-order chi connectivity index (χ1) is 12.0. The maximum absolute atomic E-state index is 13.2. The molecule has 0 atom stereocenters. The number of nitrogens with one attached hydrogen (secondary N) is 1. The second-order valence-electron chi connectivity index (χ2n) is 6.11. The molecule has 1 aromatic carbocycles. The van der Waals surface area contributed by atoms with Crippen molar-refractivity contribution in [1.82, 2.24) is 5.32 Å². The van der Waals surface area contributed by atoms with Gasteiger partial charge in [-0.2, -0.15) is 5.26 Å². The minimum absolute atomic E-state index is 0.229. The average molecular weight is 395 g/mol. The summed E-state index contributed by atoms with van der Waals surface area (Å²) in [6.45, 7) is 1.39. The third-order valence-corrected chi connectivity index (χ3v) is 8.19. The molecule has 1 aromatic heterocycles. The molecule has 1 aliphatic heterocycles. The van der Waals surface area contributed by atoms with E-state index in [2.05, 4.69) is 11.4 Å². The van der Waals surface area contributed by atoms with Crippen LogP contribution in [-0.4, -0.2) is 26.8 Å². The summed E-state index contributed by atoms with van der Waals surface area (Å²) in [6.07, 6.45) is 2.46. The zero-order valence-corrected chi connectivity index (χ0v) is 16.1. The van der Waals surface area contributed by atoms with Gasteiger partial charge in [-0.1, -0.05) is 23.7 Å². The van der Waals surface area contributed by atoms with Gasteiger partial charge >= 0.3 is 0 Å². The van der Waals surface area contributed by atoms with Crippen molar-refractivity contribution in [3.8, 4) is 6.07 Å². The number of piperidine rings is 1. The molecule has 3 rings (SSSR count). The second kappa shape index (κ2) is 7.88. The van der Waals surface area contributed by atoms with E-state index in [4.69, 9.17) is 11.6 Å². The molecule has 0 aliphatic carbocycles. The van der Waals surface area contributed by atoms with Crippen molar-refractivity contribution >= 4 is 32.8 Å². The molecule has 0 spiro atoms. The zero-order chi connectivity index (χ0) is 17.9. The molecule has 1 fully saturated rings. The fraction of sp³-hybridized carbons (Fsp3) is 0.389. The molecule has 4 nitrogen and oxygen atoms in total. The van der Waals surface area contributed by atoms with Crippen molar-refractivity contribution in [1.29, 1.82) is 5.26 Å². The van der Waals surface area contributed by atoms with Gasteiger partial charge in [-0.05, 0) is 62.5 Å². The molecule has 2 aromatic rings. The highest BCUT2D eigenvalue weighted by atomic mass is 35.5. The SMILES string of the molecule is N#Cc1cccc(CCc2ccc(Cl)s2)c1S(=O)(=O)C1CCNCC1. The lowest BCUT2D eigenvalue weighted by Gasteiger charge is -2.24. The normalized spacial score (nSPS) is 15.8. The first-order valence-electron chi connectivity index (χ1n) is 8.23. The van der Waals surface area contributed by atoms with Crippen LogP contribution in [0.1, 0.15) is 28.8 Å². The Bertz CT molecular complexity index is 894. The molecule has 0 unspecified atom stereocenters. The lowest BCUT2D eigenvalue weighted by Crippen LogP contribution is -2.36. The van der Waals surface area contributed by atoms with E-state index in [-0.39, 0.29) is 10.5 Å². The van der Waals surface area contributed by atoms with Gasteiger partial charge in [0.2, 0.25) is 0 Å². The summed E-state index contributed by atoms with van der Waals surface area (Å²) in [7, 11) is -3.52. The molecule has 25 heavy (non-hydrogen) atoms. The highest BCUT2D eigenvalue weighted by Crippen LogP contribution is 2.30. The minimum Gasteiger partial charge on any atom is -0.317 e. The molecule has 0 bridgehead atoms. The number of hydrogen-bond donors (Lipinski definition) is 1. The average Bonchev–Trinajstić information content (AvgIpc) is 3.05. The van der Waals surface area contributed by atoms with E-state index in [1.807, 2.05) is 18.2 Å². The van der Waals surface area contributed by atoms with Gasteiger partial charge in [0.15, 0.2) is 9.84 Å². The van der Waals surface area contributed by atoms with Crippen molar-refractivity contribution in [2.24, 2.45) is 0 Å². The lowest BCUT2D eigenvalue weighted by molar-refractivity contribution is 0.495. The summed E-state index contributed by atoms with van der Waals surface area (Å²) in [5.74, 6) is 0. The molecule has 1 N–H and O–H groups in total. The highest BCUT2D eigenvalue weighted by molar-refractivity contribution is 7.92. The van der Waals surface area contributed by atoms with E-state index in [1.54, 1.807) is 12.1 Å². The number of nitrogens with zero attached hydrogens (tertiary/aromatic N) is 1. The van der Waals surface area contributed by atoms with Crippen LogP contribution in [0.15, 0.2) is 35.2 Å². The molecule has 1 aliphatic rings. The Kier molecular flexibility index (Phi) is 5.80. The van der Waals surface area contributed by atoms with E-state index in [9.17, 15) is 13.7 Å². The van der Waals surface area contributed by atoms with Gasteiger partial charge in [-0.15, -0.1) is 11.3 Å². The largest absolute Gasteiger partial charge is 0.317 e. The third-order valence-electron chi connectivity index (χ3n) is 4.50. The fourth-order valence-electron chi connectivity index (χ4n) is 3.22. The van der Waals surface area contributed by atoms with E-state index in [0.29, 0.717) is 38.8 Å². The summed E-state index contributed by atoms with van der Waals surface area (Å²) in [4.78, 5) is 1.34. The van der Waals surface area contributed by atoms with Crippen LogP contribution in [0.5, 0.6) is 0 Å². The summed E-state index contributed by atoms with van der Waals surface area (Å²) in [6, 6.07) is 11.1. The Morgan fingerprint density at radius 2 is 1.96 bits per heavy atom. The second-order valence-corrected chi connectivity index (χ2v) is 10.1. The number of nitriles is 1. The van der Waals surface area contributed by atoms with Crippen molar-refractivity contribution in [3.63, 3.8) is 0 Å². The van der Waals surface area contributed by atoms with Crippen molar-refractivity contribution in [3.05, 3.63) is 50.7 Å². The smallest absolute Gasteiger partial charge is 0.182 e. The fourth-order valence-corrected chi connectivity index (χ4v) is 6.45. The predicted molar refractivity (Wildman–Crippen MR) is 101 cm³/mol. The maximum Gasteiger partial charge on any atom is 0.182 e. The summed E-state index contributed by atoms with van der Waals surface area (Å²) in [5, 5.41) is 12.2. The van der Waals surface area contributed by atoms with Crippen molar-refractivity contribution in [2.45, 2.75) is 35.8 Å². The Morgan fingerprint density at radius 1 is 1.20 bits per heavy atom. The zero-order valence-electron chi connectivity index (χ0n) is 13.7. The van der Waals surface area contributed by atoms with Gasteiger partial charge in [0, 0.05) is 4.88 Å². The molecule has 1 saturated heterocycles. The number of rotatable bonds is 5. The topological polar surface area (TPSA) is 70.0 Å². The van der Waals surface area contributed by atoms with Gasteiger partial charge in [0.1, 0.15) is 6.07 Å². The van der Waals surface area contributed by atoms with Gasteiger partial charge in [0.05, 0.1) is 20.0 Å². The Hall–Kier alpha value is -1.39. The molecule has 0 amide bonds.